The third-order valence-corrected chi connectivity index (χ3v) is 3.07. The van der Waals surface area contributed by atoms with Gasteiger partial charge in [-0.3, -0.25) is 10.1 Å². The second kappa shape index (κ2) is 6.59. The minimum atomic E-state index is -0.416. The van der Waals surface area contributed by atoms with E-state index in [1.165, 1.54) is 12.1 Å². The van der Waals surface area contributed by atoms with Crippen LogP contribution in [0.25, 0.3) is 0 Å². The second-order valence-electron chi connectivity index (χ2n) is 4.94. The smallest absolute Gasteiger partial charge is 0.271 e. The Morgan fingerprint density at radius 3 is 2.56 bits per heavy atom. The van der Waals surface area contributed by atoms with Crippen molar-refractivity contribution in [1.29, 1.82) is 0 Å². The summed E-state index contributed by atoms with van der Waals surface area (Å²) in [5.41, 5.74) is 0.681. The van der Waals surface area contributed by atoms with Crippen LogP contribution in [0.5, 0.6) is 0 Å². The van der Waals surface area contributed by atoms with Crippen LogP contribution in [-0.2, 0) is 0 Å². The van der Waals surface area contributed by atoms with E-state index >= 15 is 0 Å². The van der Waals surface area contributed by atoms with Gasteiger partial charge in [0.2, 0.25) is 0 Å². The molecule has 0 saturated carbocycles. The molecular formula is C13H19ClN2O2. The molecule has 0 amide bonds. The number of nitrogens with zero attached hydrogens (tertiary/aromatic N) is 1. The number of nitro groups is 1. The lowest BCUT2D eigenvalue weighted by molar-refractivity contribution is -0.384. The van der Waals surface area contributed by atoms with Gasteiger partial charge in [0, 0.05) is 18.2 Å². The Hall–Kier alpha value is -1.29. The molecule has 5 heteroatoms. The molecule has 1 atom stereocenters. The molecule has 0 aliphatic heterocycles. The predicted molar refractivity (Wildman–Crippen MR) is 75.3 cm³/mol. The van der Waals surface area contributed by atoms with Gasteiger partial charge in [0.25, 0.3) is 5.69 Å². The van der Waals surface area contributed by atoms with Crippen molar-refractivity contribution in [2.75, 3.05) is 5.32 Å². The quantitative estimate of drug-likeness (QED) is 0.612. The summed E-state index contributed by atoms with van der Waals surface area (Å²) < 4.78 is 0. The van der Waals surface area contributed by atoms with E-state index in [1.54, 1.807) is 6.07 Å². The van der Waals surface area contributed by atoms with Gasteiger partial charge in [-0.2, -0.15) is 0 Å². The lowest BCUT2D eigenvalue weighted by Gasteiger charge is -2.17. The zero-order chi connectivity index (χ0) is 13.7. The molecule has 0 bridgehead atoms. The van der Waals surface area contributed by atoms with Crippen LogP contribution < -0.4 is 5.32 Å². The first-order valence-electron chi connectivity index (χ1n) is 6.10. The van der Waals surface area contributed by atoms with Crippen LogP contribution in [-0.4, -0.2) is 11.0 Å². The molecule has 4 nitrogen and oxygen atoms in total. The number of non-ortho nitro benzene ring substituents is 1. The zero-order valence-electron chi connectivity index (χ0n) is 10.9. The summed E-state index contributed by atoms with van der Waals surface area (Å²) in [7, 11) is 0. The van der Waals surface area contributed by atoms with Crippen LogP contribution in [0.3, 0.4) is 0 Å². The van der Waals surface area contributed by atoms with E-state index in [9.17, 15) is 10.1 Å². The highest BCUT2D eigenvalue weighted by Gasteiger charge is 2.11. The number of halogens is 1. The fourth-order valence-corrected chi connectivity index (χ4v) is 1.83. The average Bonchev–Trinajstić information content (AvgIpc) is 2.29. The summed E-state index contributed by atoms with van der Waals surface area (Å²) in [6.45, 7) is 6.40. The van der Waals surface area contributed by atoms with Crippen molar-refractivity contribution in [1.82, 2.24) is 0 Å². The fraction of sp³-hybridized carbons (Fsp3) is 0.538. The van der Waals surface area contributed by atoms with Gasteiger partial charge in [0.05, 0.1) is 15.6 Å². The van der Waals surface area contributed by atoms with Gasteiger partial charge in [-0.1, -0.05) is 25.4 Å². The highest BCUT2D eigenvalue weighted by molar-refractivity contribution is 6.33. The molecule has 18 heavy (non-hydrogen) atoms. The molecule has 0 aliphatic rings. The average molecular weight is 271 g/mol. The molecule has 1 aromatic rings. The minimum absolute atomic E-state index is 0.0537. The fourth-order valence-electron chi connectivity index (χ4n) is 1.66. The summed E-state index contributed by atoms with van der Waals surface area (Å²) in [6, 6.07) is 4.68. The van der Waals surface area contributed by atoms with Crippen molar-refractivity contribution in [3.63, 3.8) is 0 Å². The van der Waals surface area contributed by atoms with Gasteiger partial charge >= 0.3 is 0 Å². The Kier molecular flexibility index (Phi) is 5.41. The van der Waals surface area contributed by atoms with Crippen LogP contribution in [0.1, 0.15) is 33.6 Å². The standard InChI is InChI=1S/C13H19ClN2O2/c1-9(2)4-5-10(3)15-13-8-11(16(17)18)6-7-12(13)14/h6-10,15H,4-5H2,1-3H3. The maximum atomic E-state index is 10.7. The normalized spacial score (nSPS) is 12.5. The van der Waals surface area contributed by atoms with Gasteiger partial charge in [0.1, 0.15) is 0 Å². The van der Waals surface area contributed by atoms with E-state index in [-0.39, 0.29) is 11.7 Å². The molecule has 0 fully saturated rings. The first-order valence-corrected chi connectivity index (χ1v) is 6.48. The Morgan fingerprint density at radius 1 is 1.33 bits per heavy atom. The number of rotatable bonds is 6. The summed E-state index contributed by atoms with van der Waals surface area (Å²) >= 11 is 6.02. The Morgan fingerprint density at radius 2 is 2.00 bits per heavy atom. The maximum Gasteiger partial charge on any atom is 0.271 e. The van der Waals surface area contributed by atoms with Crippen LogP contribution in [0, 0.1) is 16.0 Å². The molecule has 0 radical (unpaired) electrons. The van der Waals surface area contributed by atoms with Crippen LogP contribution >= 0.6 is 11.6 Å². The van der Waals surface area contributed by atoms with Crippen molar-refractivity contribution in [2.24, 2.45) is 5.92 Å². The highest BCUT2D eigenvalue weighted by Crippen LogP contribution is 2.27. The Labute approximate surface area is 112 Å². The SMILES string of the molecule is CC(C)CCC(C)Nc1cc([N+](=O)[O-])ccc1Cl. The number of hydrogen-bond donors (Lipinski definition) is 1. The minimum Gasteiger partial charge on any atom is -0.381 e. The first-order chi connectivity index (χ1) is 8.40. The summed E-state index contributed by atoms with van der Waals surface area (Å²) in [5, 5.41) is 14.4. The molecule has 1 unspecified atom stereocenters. The van der Waals surface area contributed by atoms with E-state index in [0.717, 1.165) is 12.8 Å². The topological polar surface area (TPSA) is 55.2 Å². The number of benzene rings is 1. The Balaban J connectivity index is 2.71. The van der Waals surface area contributed by atoms with Crippen molar-refractivity contribution in [3.05, 3.63) is 33.3 Å². The van der Waals surface area contributed by atoms with Crippen LogP contribution in [0.4, 0.5) is 11.4 Å². The highest BCUT2D eigenvalue weighted by atomic mass is 35.5. The third-order valence-electron chi connectivity index (χ3n) is 2.74. The van der Waals surface area contributed by atoms with Crippen molar-refractivity contribution in [3.8, 4) is 0 Å². The zero-order valence-corrected chi connectivity index (χ0v) is 11.7. The second-order valence-corrected chi connectivity index (χ2v) is 5.35. The van der Waals surface area contributed by atoms with E-state index in [4.69, 9.17) is 11.6 Å². The van der Waals surface area contributed by atoms with E-state index in [2.05, 4.69) is 26.1 Å². The lowest BCUT2D eigenvalue weighted by Crippen LogP contribution is -2.16. The molecule has 0 aromatic heterocycles. The summed E-state index contributed by atoms with van der Waals surface area (Å²) in [5.74, 6) is 0.648. The number of anilines is 1. The third kappa shape index (κ3) is 4.53. The van der Waals surface area contributed by atoms with E-state index in [0.29, 0.717) is 16.6 Å². The van der Waals surface area contributed by atoms with Crippen LogP contribution in [0.15, 0.2) is 18.2 Å². The van der Waals surface area contributed by atoms with Gasteiger partial charge in [-0.15, -0.1) is 0 Å². The molecule has 100 valence electrons. The van der Waals surface area contributed by atoms with Crippen LogP contribution in [0.2, 0.25) is 5.02 Å². The monoisotopic (exact) mass is 270 g/mol. The summed E-state index contributed by atoms with van der Waals surface area (Å²) in [4.78, 5) is 10.3. The number of nitrogens with one attached hydrogen (secondary N) is 1. The van der Waals surface area contributed by atoms with E-state index < -0.39 is 4.92 Å². The lowest BCUT2D eigenvalue weighted by atomic mass is 10.0. The number of nitro benzene ring substituents is 1. The van der Waals surface area contributed by atoms with Gasteiger partial charge in [-0.05, 0) is 31.7 Å². The largest absolute Gasteiger partial charge is 0.381 e. The molecule has 1 N–H and O–H groups in total. The Bertz CT molecular complexity index is 421. The molecular weight excluding hydrogens is 252 g/mol. The molecule has 1 rings (SSSR count). The molecule has 0 spiro atoms. The van der Waals surface area contributed by atoms with E-state index in [1.807, 2.05) is 0 Å². The van der Waals surface area contributed by atoms with Gasteiger partial charge < -0.3 is 5.32 Å². The molecule has 1 aromatic carbocycles. The van der Waals surface area contributed by atoms with Crippen molar-refractivity contribution >= 4 is 23.0 Å². The molecule has 0 heterocycles. The summed E-state index contributed by atoms with van der Waals surface area (Å²) in [6.07, 6.45) is 2.12. The molecule has 0 saturated heterocycles. The van der Waals surface area contributed by atoms with Gasteiger partial charge in [-0.25, -0.2) is 0 Å². The van der Waals surface area contributed by atoms with Gasteiger partial charge in [0.15, 0.2) is 0 Å². The number of hydrogen-bond acceptors (Lipinski definition) is 3. The first kappa shape index (κ1) is 14.8. The molecule has 0 aliphatic carbocycles. The maximum absolute atomic E-state index is 10.7. The predicted octanol–water partition coefficient (Wildman–Crippen LogP) is 4.48. The van der Waals surface area contributed by atoms with Crippen molar-refractivity contribution < 1.29 is 4.92 Å². The van der Waals surface area contributed by atoms with Crippen molar-refractivity contribution in [2.45, 2.75) is 39.7 Å².